The highest BCUT2D eigenvalue weighted by Crippen LogP contribution is 2.36. The summed E-state index contributed by atoms with van der Waals surface area (Å²) in [4.78, 5) is 23.8. The van der Waals surface area contributed by atoms with Crippen LogP contribution in [0, 0.1) is 17.8 Å². The average molecular weight is 315 g/mol. The minimum atomic E-state index is -0.830. The van der Waals surface area contributed by atoms with Gasteiger partial charge in [-0.2, -0.15) is 0 Å². The van der Waals surface area contributed by atoms with Crippen molar-refractivity contribution < 1.29 is 19.4 Å². The molecule has 5 nitrogen and oxygen atoms in total. The van der Waals surface area contributed by atoms with E-state index in [-0.39, 0.29) is 19.1 Å². The Labute approximate surface area is 136 Å². The zero-order valence-corrected chi connectivity index (χ0v) is 13.0. The summed E-state index contributed by atoms with van der Waals surface area (Å²) >= 11 is 0. The standard InChI is InChI=1S/C18H21NO4/c1-2-12-23-15-8-6-14(7-9-15)16(20)19-13-18(17(21)22)10-4-3-5-11-18/h1,6-9H,3-5,10-13H2,(H,19,20)(H,21,22). The topological polar surface area (TPSA) is 75.6 Å². The van der Waals surface area contributed by atoms with Gasteiger partial charge in [-0.15, -0.1) is 6.42 Å². The number of nitrogens with one attached hydrogen (secondary N) is 1. The molecule has 23 heavy (non-hydrogen) atoms. The number of ether oxygens (including phenoxy) is 1. The summed E-state index contributed by atoms with van der Waals surface area (Å²) < 4.78 is 5.25. The van der Waals surface area contributed by atoms with Crippen LogP contribution in [0.3, 0.4) is 0 Å². The molecule has 1 aliphatic carbocycles. The van der Waals surface area contributed by atoms with Gasteiger partial charge >= 0.3 is 5.97 Å². The monoisotopic (exact) mass is 315 g/mol. The number of aliphatic carboxylic acids is 1. The van der Waals surface area contributed by atoms with Gasteiger partial charge in [0.05, 0.1) is 5.41 Å². The zero-order valence-electron chi connectivity index (χ0n) is 13.0. The predicted molar refractivity (Wildman–Crippen MR) is 86.3 cm³/mol. The highest BCUT2D eigenvalue weighted by Gasteiger charge is 2.39. The van der Waals surface area contributed by atoms with E-state index >= 15 is 0 Å². The Hall–Kier alpha value is -2.48. The Morgan fingerprint density at radius 2 is 1.87 bits per heavy atom. The van der Waals surface area contributed by atoms with Crippen molar-refractivity contribution in [2.75, 3.05) is 13.2 Å². The third kappa shape index (κ3) is 4.26. The second-order valence-electron chi connectivity index (χ2n) is 5.85. The lowest BCUT2D eigenvalue weighted by Gasteiger charge is -2.33. The number of carbonyl (C=O) groups is 2. The van der Waals surface area contributed by atoms with Crippen LogP contribution in [-0.2, 0) is 4.79 Å². The molecule has 0 unspecified atom stereocenters. The molecule has 0 spiro atoms. The Kier molecular flexibility index (Phi) is 5.64. The van der Waals surface area contributed by atoms with E-state index in [2.05, 4.69) is 11.2 Å². The predicted octanol–water partition coefficient (Wildman–Crippen LogP) is 2.46. The SMILES string of the molecule is C#CCOc1ccc(C(=O)NCC2(C(=O)O)CCCCC2)cc1. The van der Waals surface area contributed by atoms with Gasteiger partial charge in [-0.1, -0.05) is 25.2 Å². The molecule has 0 atom stereocenters. The molecule has 0 aromatic heterocycles. The van der Waals surface area contributed by atoms with Crippen molar-refractivity contribution in [2.24, 2.45) is 5.41 Å². The van der Waals surface area contributed by atoms with E-state index in [1.54, 1.807) is 24.3 Å². The molecule has 0 heterocycles. The van der Waals surface area contributed by atoms with Crippen LogP contribution in [-0.4, -0.2) is 30.1 Å². The number of rotatable bonds is 6. The number of carboxylic acids is 1. The minimum absolute atomic E-state index is 0.163. The van der Waals surface area contributed by atoms with Gasteiger partial charge in [-0.25, -0.2) is 0 Å². The second-order valence-corrected chi connectivity index (χ2v) is 5.85. The largest absolute Gasteiger partial charge is 0.481 e. The number of hydrogen-bond donors (Lipinski definition) is 2. The van der Waals surface area contributed by atoms with Gasteiger partial charge in [0.1, 0.15) is 12.4 Å². The van der Waals surface area contributed by atoms with Gasteiger partial charge in [0.2, 0.25) is 0 Å². The summed E-state index contributed by atoms with van der Waals surface area (Å²) in [7, 11) is 0. The van der Waals surface area contributed by atoms with E-state index in [4.69, 9.17) is 11.2 Å². The van der Waals surface area contributed by atoms with Crippen LogP contribution in [0.2, 0.25) is 0 Å². The molecular weight excluding hydrogens is 294 g/mol. The third-order valence-corrected chi connectivity index (χ3v) is 4.29. The highest BCUT2D eigenvalue weighted by atomic mass is 16.5. The molecule has 0 saturated heterocycles. The number of benzene rings is 1. The number of terminal acetylenes is 1. The molecule has 1 amide bonds. The van der Waals surface area contributed by atoms with Crippen LogP contribution >= 0.6 is 0 Å². The van der Waals surface area contributed by atoms with Crippen molar-refractivity contribution >= 4 is 11.9 Å². The van der Waals surface area contributed by atoms with Gasteiger partial charge < -0.3 is 15.2 Å². The van der Waals surface area contributed by atoms with E-state index in [0.29, 0.717) is 24.2 Å². The summed E-state index contributed by atoms with van der Waals surface area (Å²) in [5, 5.41) is 12.3. The molecule has 1 aliphatic rings. The van der Waals surface area contributed by atoms with Crippen LogP contribution in [0.4, 0.5) is 0 Å². The van der Waals surface area contributed by atoms with Crippen molar-refractivity contribution in [1.82, 2.24) is 5.32 Å². The maximum atomic E-state index is 12.2. The number of hydrogen-bond acceptors (Lipinski definition) is 3. The first kappa shape index (κ1) is 16.9. The first-order valence-corrected chi connectivity index (χ1v) is 7.75. The van der Waals surface area contributed by atoms with Crippen molar-refractivity contribution in [1.29, 1.82) is 0 Å². The van der Waals surface area contributed by atoms with Crippen LogP contribution in [0.25, 0.3) is 0 Å². The summed E-state index contributed by atoms with van der Waals surface area (Å²) in [5.74, 6) is 1.86. The van der Waals surface area contributed by atoms with Crippen LogP contribution in [0.5, 0.6) is 5.75 Å². The molecule has 2 rings (SSSR count). The number of carbonyl (C=O) groups excluding carboxylic acids is 1. The van der Waals surface area contributed by atoms with Gasteiger partial charge in [0.25, 0.3) is 5.91 Å². The molecular formula is C18H21NO4. The fourth-order valence-corrected chi connectivity index (χ4v) is 2.87. The van der Waals surface area contributed by atoms with Crippen LogP contribution in [0.15, 0.2) is 24.3 Å². The maximum absolute atomic E-state index is 12.2. The fraction of sp³-hybridized carbons (Fsp3) is 0.444. The second kappa shape index (κ2) is 7.68. The van der Waals surface area contributed by atoms with Gasteiger partial charge in [-0.05, 0) is 37.1 Å². The van der Waals surface area contributed by atoms with Crippen molar-refractivity contribution in [3.05, 3.63) is 29.8 Å². The summed E-state index contributed by atoms with van der Waals surface area (Å²) in [5.41, 5.74) is -0.363. The van der Waals surface area contributed by atoms with E-state index < -0.39 is 11.4 Å². The van der Waals surface area contributed by atoms with E-state index in [9.17, 15) is 14.7 Å². The fourth-order valence-electron chi connectivity index (χ4n) is 2.87. The maximum Gasteiger partial charge on any atom is 0.311 e. The molecule has 5 heteroatoms. The van der Waals surface area contributed by atoms with Crippen LogP contribution in [0.1, 0.15) is 42.5 Å². The summed E-state index contributed by atoms with van der Waals surface area (Å²) in [6.07, 6.45) is 9.18. The van der Waals surface area contributed by atoms with E-state index in [0.717, 1.165) is 19.3 Å². The van der Waals surface area contributed by atoms with Crippen molar-refractivity contribution in [3.8, 4) is 18.1 Å². The lowest BCUT2D eigenvalue weighted by molar-refractivity contribution is -0.150. The molecule has 0 bridgehead atoms. The van der Waals surface area contributed by atoms with Gasteiger partial charge in [0.15, 0.2) is 0 Å². The molecule has 1 aromatic rings. The summed E-state index contributed by atoms with van der Waals surface area (Å²) in [6.45, 7) is 0.336. The smallest absolute Gasteiger partial charge is 0.311 e. The lowest BCUT2D eigenvalue weighted by atomic mass is 9.74. The average Bonchev–Trinajstić information content (AvgIpc) is 2.59. The van der Waals surface area contributed by atoms with E-state index in [1.165, 1.54) is 0 Å². The summed E-state index contributed by atoms with van der Waals surface area (Å²) in [6, 6.07) is 6.60. The zero-order chi connectivity index (χ0) is 16.7. The molecule has 0 radical (unpaired) electrons. The Morgan fingerprint density at radius 1 is 1.22 bits per heavy atom. The van der Waals surface area contributed by atoms with E-state index in [1.807, 2.05) is 0 Å². The molecule has 1 aromatic carbocycles. The quantitative estimate of drug-likeness (QED) is 0.791. The van der Waals surface area contributed by atoms with Gasteiger partial charge in [-0.3, -0.25) is 9.59 Å². The Morgan fingerprint density at radius 3 is 2.43 bits per heavy atom. The minimum Gasteiger partial charge on any atom is -0.481 e. The Bertz CT molecular complexity index is 594. The lowest BCUT2D eigenvalue weighted by Crippen LogP contribution is -2.44. The van der Waals surface area contributed by atoms with Gasteiger partial charge in [0, 0.05) is 12.1 Å². The number of carboxylic acid groups (broad SMARTS) is 1. The molecule has 1 saturated carbocycles. The first-order valence-electron chi connectivity index (χ1n) is 7.75. The molecule has 0 aliphatic heterocycles. The normalized spacial score (nSPS) is 16.1. The van der Waals surface area contributed by atoms with Crippen LogP contribution < -0.4 is 10.1 Å². The van der Waals surface area contributed by atoms with Crippen molar-refractivity contribution in [3.63, 3.8) is 0 Å². The van der Waals surface area contributed by atoms with Crippen molar-refractivity contribution in [2.45, 2.75) is 32.1 Å². The number of amides is 1. The highest BCUT2D eigenvalue weighted by molar-refractivity contribution is 5.94. The Balaban J connectivity index is 1.95. The molecule has 122 valence electrons. The third-order valence-electron chi connectivity index (χ3n) is 4.29. The first-order chi connectivity index (χ1) is 11.1. The molecule has 1 fully saturated rings. The molecule has 2 N–H and O–H groups in total.